The number of rotatable bonds is 3. The molecule has 0 aliphatic carbocycles. The van der Waals surface area contributed by atoms with Crippen molar-refractivity contribution in [2.24, 2.45) is 5.41 Å². The molecular formula is C11H14N2OS. The third-order valence-corrected chi connectivity index (χ3v) is 3.84. The lowest BCUT2D eigenvalue weighted by molar-refractivity contribution is -0.0716. The summed E-state index contributed by atoms with van der Waals surface area (Å²) in [6.07, 6.45) is 0. The number of anilines is 1. The molecule has 4 heteroatoms. The van der Waals surface area contributed by atoms with Gasteiger partial charge in [-0.2, -0.15) is 5.26 Å². The van der Waals surface area contributed by atoms with E-state index in [9.17, 15) is 0 Å². The highest BCUT2D eigenvalue weighted by molar-refractivity contribution is 7.14. The maximum atomic E-state index is 9.10. The van der Waals surface area contributed by atoms with E-state index in [0.717, 1.165) is 6.54 Å². The largest absolute Gasteiger partial charge is 0.378 e. The summed E-state index contributed by atoms with van der Waals surface area (Å²) in [5, 5.41) is 12.4. The van der Waals surface area contributed by atoms with E-state index in [1.807, 2.05) is 7.05 Å². The predicted molar refractivity (Wildman–Crippen MR) is 61.2 cm³/mol. The topological polar surface area (TPSA) is 36.3 Å². The van der Waals surface area contributed by atoms with E-state index >= 15 is 0 Å². The molecule has 0 radical (unpaired) electrons. The van der Waals surface area contributed by atoms with E-state index in [0.29, 0.717) is 13.2 Å². The van der Waals surface area contributed by atoms with Crippen molar-refractivity contribution in [3.05, 3.63) is 17.0 Å². The van der Waals surface area contributed by atoms with E-state index in [-0.39, 0.29) is 5.41 Å². The van der Waals surface area contributed by atoms with Gasteiger partial charge in [-0.25, -0.2) is 0 Å². The lowest BCUT2D eigenvalue weighted by Gasteiger charge is -2.38. The molecule has 0 saturated carbocycles. The number of hydrogen-bond acceptors (Lipinski definition) is 4. The molecular weight excluding hydrogens is 208 g/mol. The summed E-state index contributed by atoms with van der Waals surface area (Å²) in [7, 11) is 2.04. The molecule has 1 aliphatic heterocycles. The zero-order valence-electron chi connectivity index (χ0n) is 8.99. The Morgan fingerprint density at radius 3 is 2.80 bits per heavy atom. The van der Waals surface area contributed by atoms with Crippen LogP contribution in [0, 0.1) is 23.7 Å². The number of nitriles is 1. The van der Waals surface area contributed by atoms with Crippen molar-refractivity contribution in [3.8, 4) is 6.07 Å². The SMILES string of the molecule is Cc1ccsc1N(C)CC1(C#N)COC1. The highest BCUT2D eigenvalue weighted by Gasteiger charge is 2.40. The van der Waals surface area contributed by atoms with Crippen molar-refractivity contribution in [3.63, 3.8) is 0 Å². The minimum Gasteiger partial charge on any atom is -0.378 e. The number of hydrogen-bond donors (Lipinski definition) is 0. The van der Waals surface area contributed by atoms with Crippen molar-refractivity contribution in [2.45, 2.75) is 6.92 Å². The third kappa shape index (κ3) is 1.85. The van der Waals surface area contributed by atoms with Gasteiger partial charge in [-0.3, -0.25) is 0 Å². The molecule has 0 unspecified atom stereocenters. The van der Waals surface area contributed by atoms with Crippen LogP contribution in [0.2, 0.25) is 0 Å². The Morgan fingerprint density at radius 1 is 1.67 bits per heavy atom. The average molecular weight is 222 g/mol. The molecule has 1 fully saturated rings. The summed E-state index contributed by atoms with van der Waals surface area (Å²) in [6, 6.07) is 4.47. The van der Waals surface area contributed by atoms with E-state index in [1.165, 1.54) is 10.6 Å². The van der Waals surface area contributed by atoms with Crippen LogP contribution < -0.4 is 4.90 Å². The summed E-state index contributed by atoms with van der Waals surface area (Å²) in [6.45, 7) is 3.99. The molecule has 80 valence electrons. The average Bonchev–Trinajstić information content (AvgIpc) is 2.58. The molecule has 1 aromatic heterocycles. The molecule has 2 rings (SSSR count). The van der Waals surface area contributed by atoms with Gasteiger partial charge >= 0.3 is 0 Å². The fourth-order valence-corrected chi connectivity index (χ4v) is 2.72. The normalized spacial score (nSPS) is 17.9. The Balaban J connectivity index is 2.07. The minimum atomic E-state index is -0.287. The van der Waals surface area contributed by atoms with Crippen LogP contribution in [0.4, 0.5) is 5.00 Å². The number of thiophene rings is 1. The molecule has 15 heavy (non-hydrogen) atoms. The summed E-state index contributed by atoms with van der Waals surface area (Å²) in [5.41, 5.74) is 0.987. The first-order valence-corrected chi connectivity index (χ1v) is 5.79. The van der Waals surface area contributed by atoms with Gasteiger partial charge in [-0.05, 0) is 23.9 Å². The first kappa shape index (κ1) is 10.5. The summed E-state index contributed by atoms with van der Waals surface area (Å²) >= 11 is 1.72. The van der Waals surface area contributed by atoms with Crippen LogP contribution in [-0.2, 0) is 4.74 Å². The molecule has 0 spiro atoms. The second kappa shape index (κ2) is 3.84. The quantitative estimate of drug-likeness (QED) is 0.785. The van der Waals surface area contributed by atoms with Crippen LogP contribution in [0.3, 0.4) is 0 Å². The van der Waals surface area contributed by atoms with Crippen LogP contribution in [0.1, 0.15) is 5.56 Å². The van der Waals surface area contributed by atoms with Crippen molar-refractivity contribution >= 4 is 16.3 Å². The Hall–Kier alpha value is -1.05. The minimum absolute atomic E-state index is 0.287. The zero-order chi connectivity index (χ0) is 10.9. The van der Waals surface area contributed by atoms with Crippen molar-refractivity contribution < 1.29 is 4.74 Å². The second-order valence-corrected chi connectivity index (χ2v) is 5.04. The van der Waals surface area contributed by atoms with E-state index in [4.69, 9.17) is 10.00 Å². The van der Waals surface area contributed by atoms with Crippen LogP contribution in [0.5, 0.6) is 0 Å². The van der Waals surface area contributed by atoms with Crippen molar-refractivity contribution in [2.75, 3.05) is 31.7 Å². The second-order valence-electron chi connectivity index (χ2n) is 4.15. The molecule has 1 aromatic rings. The Kier molecular flexibility index (Phi) is 2.68. The third-order valence-electron chi connectivity index (χ3n) is 2.72. The van der Waals surface area contributed by atoms with Gasteiger partial charge < -0.3 is 9.64 Å². The van der Waals surface area contributed by atoms with E-state index in [1.54, 1.807) is 11.3 Å². The van der Waals surface area contributed by atoms with Gasteiger partial charge in [0.1, 0.15) is 5.41 Å². The predicted octanol–water partition coefficient (Wildman–Crippen LogP) is 2.03. The smallest absolute Gasteiger partial charge is 0.121 e. The lowest BCUT2D eigenvalue weighted by atomic mass is 9.87. The number of nitrogens with zero attached hydrogens (tertiary/aromatic N) is 2. The molecule has 0 aromatic carbocycles. The monoisotopic (exact) mass is 222 g/mol. The van der Waals surface area contributed by atoms with E-state index in [2.05, 4.69) is 29.3 Å². The number of ether oxygens (including phenoxy) is 1. The molecule has 0 amide bonds. The van der Waals surface area contributed by atoms with Crippen LogP contribution in [0.15, 0.2) is 11.4 Å². The van der Waals surface area contributed by atoms with Gasteiger partial charge in [0.05, 0.1) is 24.3 Å². The molecule has 2 heterocycles. The maximum absolute atomic E-state index is 9.10. The Bertz CT molecular complexity index is 390. The Labute approximate surface area is 93.9 Å². The highest BCUT2D eigenvalue weighted by Crippen LogP contribution is 2.32. The number of aryl methyl sites for hydroxylation is 1. The maximum Gasteiger partial charge on any atom is 0.121 e. The summed E-state index contributed by atoms with van der Waals surface area (Å²) in [4.78, 5) is 2.16. The Morgan fingerprint density at radius 2 is 2.40 bits per heavy atom. The molecule has 0 atom stereocenters. The summed E-state index contributed by atoms with van der Waals surface area (Å²) < 4.78 is 5.13. The standard InChI is InChI=1S/C11H14N2OS/c1-9-3-4-15-10(9)13(2)6-11(5-12)7-14-8-11/h3-4H,6-8H2,1-2H3. The van der Waals surface area contributed by atoms with Gasteiger partial charge in [-0.1, -0.05) is 0 Å². The molecule has 1 saturated heterocycles. The van der Waals surface area contributed by atoms with Crippen LogP contribution in [-0.4, -0.2) is 26.8 Å². The van der Waals surface area contributed by atoms with Gasteiger partial charge in [0.2, 0.25) is 0 Å². The molecule has 0 N–H and O–H groups in total. The van der Waals surface area contributed by atoms with Gasteiger partial charge in [0.15, 0.2) is 0 Å². The first-order chi connectivity index (χ1) is 7.17. The fourth-order valence-electron chi connectivity index (χ4n) is 1.82. The fraction of sp³-hybridized carbons (Fsp3) is 0.545. The van der Waals surface area contributed by atoms with Gasteiger partial charge in [-0.15, -0.1) is 11.3 Å². The van der Waals surface area contributed by atoms with E-state index < -0.39 is 0 Å². The van der Waals surface area contributed by atoms with Crippen LogP contribution >= 0.6 is 11.3 Å². The van der Waals surface area contributed by atoms with Gasteiger partial charge in [0, 0.05) is 13.6 Å². The molecule has 0 bridgehead atoms. The highest BCUT2D eigenvalue weighted by atomic mass is 32.1. The van der Waals surface area contributed by atoms with Crippen molar-refractivity contribution in [1.82, 2.24) is 0 Å². The lowest BCUT2D eigenvalue weighted by Crippen LogP contribution is -2.49. The first-order valence-electron chi connectivity index (χ1n) is 4.91. The molecule has 1 aliphatic rings. The van der Waals surface area contributed by atoms with Crippen molar-refractivity contribution in [1.29, 1.82) is 5.26 Å². The summed E-state index contributed by atoms with van der Waals surface area (Å²) in [5.74, 6) is 0. The molecule has 3 nitrogen and oxygen atoms in total. The van der Waals surface area contributed by atoms with Gasteiger partial charge in [0.25, 0.3) is 0 Å². The zero-order valence-corrected chi connectivity index (χ0v) is 9.80. The van der Waals surface area contributed by atoms with Crippen LogP contribution in [0.25, 0.3) is 0 Å².